The number of halogens is 1. The van der Waals surface area contributed by atoms with Crippen molar-refractivity contribution < 1.29 is 14.3 Å². The van der Waals surface area contributed by atoms with Gasteiger partial charge in [0.1, 0.15) is 12.4 Å². The first kappa shape index (κ1) is 10.1. The highest BCUT2D eigenvalue weighted by Gasteiger charge is 2.24. The fourth-order valence-electron chi connectivity index (χ4n) is 1.49. The molecule has 0 aliphatic carbocycles. The van der Waals surface area contributed by atoms with E-state index in [2.05, 4.69) is 4.74 Å². The second-order valence-corrected chi connectivity index (χ2v) is 3.52. The Kier molecular flexibility index (Phi) is 2.68. The highest BCUT2D eigenvalue weighted by atomic mass is 35.5. The average Bonchev–Trinajstić information content (AvgIpc) is 2.27. The third kappa shape index (κ3) is 1.85. The molecule has 0 N–H and O–H groups in total. The molecule has 1 amide bonds. The van der Waals surface area contributed by atoms with Gasteiger partial charge in [0.15, 0.2) is 0 Å². The molecule has 0 radical (unpaired) electrons. The second-order valence-electron chi connectivity index (χ2n) is 3.08. The number of ether oxygens (including phenoxy) is 2. The molecule has 1 aliphatic heterocycles. The molecule has 80 valence electrons. The highest BCUT2D eigenvalue weighted by molar-refractivity contribution is 6.31. The summed E-state index contributed by atoms with van der Waals surface area (Å²) in [6.07, 6.45) is -0.401. The lowest BCUT2D eigenvalue weighted by Crippen LogP contribution is -2.37. The number of nitrogens with zero attached hydrogens (tertiary/aromatic N) is 1. The fourth-order valence-corrected chi connectivity index (χ4v) is 1.66. The smallest absolute Gasteiger partial charge is 0.414 e. The summed E-state index contributed by atoms with van der Waals surface area (Å²) in [5.41, 5.74) is 0.653. The van der Waals surface area contributed by atoms with Gasteiger partial charge in [-0.1, -0.05) is 11.6 Å². The van der Waals surface area contributed by atoms with Crippen molar-refractivity contribution >= 4 is 23.4 Å². The zero-order valence-electron chi connectivity index (χ0n) is 8.20. The lowest BCUT2D eigenvalue weighted by Gasteiger charge is -2.28. The molecule has 15 heavy (non-hydrogen) atoms. The van der Waals surface area contributed by atoms with Crippen LogP contribution in [0.15, 0.2) is 18.2 Å². The van der Waals surface area contributed by atoms with Gasteiger partial charge in [-0.3, -0.25) is 4.90 Å². The minimum atomic E-state index is -0.401. The summed E-state index contributed by atoms with van der Waals surface area (Å²) in [6.45, 7) is 0.934. The Morgan fingerprint density at radius 1 is 1.60 bits per heavy atom. The lowest BCUT2D eigenvalue weighted by atomic mass is 10.2. The maximum absolute atomic E-state index is 11.4. The number of fused-ring (bicyclic) bond motifs is 1. The summed E-state index contributed by atoms with van der Waals surface area (Å²) in [4.78, 5) is 13.0. The van der Waals surface area contributed by atoms with Crippen LogP contribution in [0.3, 0.4) is 0 Å². The molecule has 0 atom stereocenters. The molecular weight excluding hydrogens is 218 g/mol. The van der Waals surface area contributed by atoms with Gasteiger partial charge in [-0.15, -0.1) is 0 Å². The predicted molar refractivity (Wildman–Crippen MR) is 56.7 cm³/mol. The van der Waals surface area contributed by atoms with Gasteiger partial charge in [0, 0.05) is 5.02 Å². The molecule has 0 spiro atoms. The van der Waals surface area contributed by atoms with E-state index >= 15 is 0 Å². The minimum absolute atomic E-state index is 0.401. The summed E-state index contributed by atoms with van der Waals surface area (Å²) >= 11 is 5.86. The molecule has 4 nitrogen and oxygen atoms in total. The number of carbonyl (C=O) groups is 1. The van der Waals surface area contributed by atoms with E-state index < -0.39 is 6.09 Å². The van der Waals surface area contributed by atoms with E-state index in [0.717, 1.165) is 0 Å². The van der Waals surface area contributed by atoms with Crippen molar-refractivity contribution in [3.8, 4) is 5.75 Å². The van der Waals surface area contributed by atoms with Crippen LogP contribution in [0.5, 0.6) is 5.75 Å². The Bertz CT molecular complexity index is 394. The molecule has 0 saturated heterocycles. The minimum Gasteiger partial charge on any atom is -0.490 e. The van der Waals surface area contributed by atoms with Crippen molar-refractivity contribution in [2.75, 3.05) is 25.2 Å². The molecule has 0 unspecified atom stereocenters. The van der Waals surface area contributed by atoms with Gasteiger partial charge in [0.2, 0.25) is 0 Å². The van der Waals surface area contributed by atoms with Crippen molar-refractivity contribution in [3.05, 3.63) is 23.2 Å². The van der Waals surface area contributed by atoms with Crippen LogP contribution >= 0.6 is 11.6 Å². The molecule has 1 aromatic rings. The van der Waals surface area contributed by atoms with Crippen LogP contribution in [0.25, 0.3) is 0 Å². The lowest BCUT2D eigenvalue weighted by molar-refractivity contribution is 0.174. The van der Waals surface area contributed by atoms with E-state index in [1.54, 1.807) is 18.2 Å². The normalized spacial score (nSPS) is 14.1. The standard InChI is InChI=1S/C10H10ClNO3/c1-14-10(13)12-4-5-15-9-3-2-7(11)6-8(9)12/h2-3,6H,4-5H2,1H3. The largest absolute Gasteiger partial charge is 0.490 e. The molecule has 5 heteroatoms. The van der Waals surface area contributed by atoms with Gasteiger partial charge in [-0.25, -0.2) is 4.79 Å². The Balaban J connectivity index is 2.40. The third-order valence-corrected chi connectivity index (χ3v) is 2.41. The summed E-state index contributed by atoms with van der Waals surface area (Å²) in [5.74, 6) is 0.649. The van der Waals surface area contributed by atoms with Crippen LogP contribution in [0, 0.1) is 0 Å². The maximum Gasteiger partial charge on any atom is 0.414 e. The fraction of sp³-hybridized carbons (Fsp3) is 0.300. The van der Waals surface area contributed by atoms with Crippen molar-refractivity contribution in [2.24, 2.45) is 0 Å². The number of hydrogen-bond donors (Lipinski definition) is 0. The summed E-state index contributed by atoms with van der Waals surface area (Å²) in [6, 6.07) is 5.15. The van der Waals surface area contributed by atoms with E-state index in [1.807, 2.05) is 0 Å². The van der Waals surface area contributed by atoms with E-state index in [1.165, 1.54) is 12.0 Å². The van der Waals surface area contributed by atoms with Crippen LogP contribution in [0.4, 0.5) is 10.5 Å². The van der Waals surface area contributed by atoms with Gasteiger partial charge in [0.05, 0.1) is 19.3 Å². The molecule has 0 fully saturated rings. The van der Waals surface area contributed by atoms with Gasteiger partial charge in [0.25, 0.3) is 0 Å². The maximum atomic E-state index is 11.4. The number of amides is 1. The molecule has 1 heterocycles. The van der Waals surface area contributed by atoms with Crippen LogP contribution in [0.1, 0.15) is 0 Å². The Morgan fingerprint density at radius 2 is 2.40 bits per heavy atom. The van der Waals surface area contributed by atoms with E-state index in [9.17, 15) is 4.79 Å². The highest BCUT2D eigenvalue weighted by Crippen LogP contribution is 2.34. The monoisotopic (exact) mass is 227 g/mol. The Morgan fingerprint density at radius 3 is 3.13 bits per heavy atom. The SMILES string of the molecule is COC(=O)N1CCOc2ccc(Cl)cc21. The van der Waals surface area contributed by atoms with Crippen LogP contribution in [-0.2, 0) is 4.74 Å². The van der Waals surface area contributed by atoms with Gasteiger partial charge >= 0.3 is 6.09 Å². The van der Waals surface area contributed by atoms with Crippen LogP contribution < -0.4 is 9.64 Å². The van der Waals surface area contributed by atoms with Gasteiger partial charge < -0.3 is 9.47 Å². The topological polar surface area (TPSA) is 38.8 Å². The first-order valence-electron chi connectivity index (χ1n) is 4.50. The van der Waals surface area contributed by atoms with Crippen LogP contribution in [-0.4, -0.2) is 26.4 Å². The molecule has 1 aromatic carbocycles. The number of methoxy groups -OCH3 is 1. The van der Waals surface area contributed by atoms with E-state index in [4.69, 9.17) is 16.3 Å². The molecule has 0 saturated carbocycles. The number of carbonyl (C=O) groups excluding carboxylic acids is 1. The summed E-state index contributed by atoms with van der Waals surface area (Å²) < 4.78 is 10.1. The van der Waals surface area contributed by atoms with Crippen molar-refractivity contribution in [3.63, 3.8) is 0 Å². The van der Waals surface area contributed by atoms with E-state index in [0.29, 0.717) is 29.6 Å². The number of rotatable bonds is 0. The second kappa shape index (κ2) is 3.98. The molecule has 1 aliphatic rings. The first-order chi connectivity index (χ1) is 7.22. The van der Waals surface area contributed by atoms with Gasteiger partial charge in [-0.05, 0) is 18.2 Å². The van der Waals surface area contributed by atoms with E-state index in [-0.39, 0.29) is 0 Å². The van der Waals surface area contributed by atoms with Crippen molar-refractivity contribution in [2.45, 2.75) is 0 Å². The summed E-state index contributed by atoms with van der Waals surface area (Å²) in [5, 5.41) is 0.563. The van der Waals surface area contributed by atoms with Crippen molar-refractivity contribution in [1.29, 1.82) is 0 Å². The van der Waals surface area contributed by atoms with Crippen LogP contribution in [0.2, 0.25) is 5.02 Å². The molecule has 0 aromatic heterocycles. The Labute approximate surface area is 92.3 Å². The first-order valence-corrected chi connectivity index (χ1v) is 4.88. The van der Waals surface area contributed by atoms with Gasteiger partial charge in [-0.2, -0.15) is 0 Å². The number of hydrogen-bond acceptors (Lipinski definition) is 3. The zero-order chi connectivity index (χ0) is 10.8. The van der Waals surface area contributed by atoms with Crippen molar-refractivity contribution in [1.82, 2.24) is 0 Å². The predicted octanol–water partition coefficient (Wildman–Crippen LogP) is 2.31. The third-order valence-electron chi connectivity index (χ3n) is 2.18. The molecular formula is C10H10ClNO3. The number of anilines is 1. The Hall–Kier alpha value is -1.42. The molecule has 0 bridgehead atoms. The number of benzene rings is 1. The average molecular weight is 228 g/mol. The zero-order valence-corrected chi connectivity index (χ0v) is 8.95. The molecule has 2 rings (SSSR count). The quantitative estimate of drug-likeness (QED) is 0.683. The summed E-state index contributed by atoms with van der Waals surface area (Å²) in [7, 11) is 1.35.